The van der Waals surface area contributed by atoms with E-state index in [1.165, 1.54) is 31.2 Å². The Balaban J connectivity index is 2.66. The van der Waals surface area contributed by atoms with Crippen molar-refractivity contribution in [3.63, 3.8) is 0 Å². The van der Waals surface area contributed by atoms with Gasteiger partial charge in [-0.3, -0.25) is 9.59 Å². The molecule has 7 N–H and O–H groups in total. The molecule has 1 aliphatic carbocycles. The van der Waals surface area contributed by atoms with Crippen molar-refractivity contribution in [1.82, 2.24) is 0 Å². The summed E-state index contributed by atoms with van der Waals surface area (Å²) in [5.41, 5.74) is 5.83. The standard InChI is InChI=1S/C33H45Cl2NO11/c1-4-5-13-26(47-33(36)45)29(35)24(38)18-25(39)31(42)30(41)20(3)22(34)12-8-6-10-19(2)11-7-9-14-28(40)46-27-17-21(32(43)44)15-16-23(27)37/h5-14,20-21,23-24,26-27,29-31,37-38,41-42H,4,15-18H2,1-3H3,(H2,36,45)(H,43,44)/b8-6+,11-7+,13-5+,14-9+,19-10+,22-12-/t20-,21?,23?,24-,26-,27?,29+,30-,31-/m1/s1. The van der Waals surface area contributed by atoms with E-state index in [9.17, 15) is 39.6 Å². The Labute approximate surface area is 284 Å². The van der Waals surface area contributed by atoms with E-state index >= 15 is 0 Å². The second kappa shape index (κ2) is 21.6. The Bertz CT molecular complexity index is 1240. The highest BCUT2D eigenvalue weighted by molar-refractivity contribution is 6.30. The van der Waals surface area contributed by atoms with Crippen LogP contribution in [0.15, 0.2) is 71.4 Å². The predicted octanol–water partition coefficient (Wildman–Crippen LogP) is 3.60. The topological polar surface area (TPSA) is 214 Å². The second-order valence-corrected chi connectivity index (χ2v) is 12.0. The van der Waals surface area contributed by atoms with E-state index in [0.29, 0.717) is 12.8 Å². The number of aliphatic hydroxyl groups is 4. The van der Waals surface area contributed by atoms with Gasteiger partial charge in [-0.15, -0.1) is 11.6 Å². The first-order valence-electron chi connectivity index (χ1n) is 15.1. The van der Waals surface area contributed by atoms with Crippen LogP contribution in [0.25, 0.3) is 0 Å². The number of aliphatic carboxylic acids is 1. The summed E-state index contributed by atoms with van der Waals surface area (Å²) >= 11 is 12.5. The molecule has 0 aliphatic heterocycles. The van der Waals surface area contributed by atoms with Crippen molar-refractivity contribution in [1.29, 1.82) is 0 Å². The maximum absolute atomic E-state index is 12.6. The van der Waals surface area contributed by atoms with E-state index in [-0.39, 0.29) is 17.9 Å². The zero-order chi connectivity index (χ0) is 35.7. The van der Waals surface area contributed by atoms with Crippen LogP contribution in [0.1, 0.15) is 52.9 Å². The Kier molecular flexibility index (Phi) is 19.2. The number of carbonyl (C=O) groups excluding carboxylic acids is 3. The normalized spacial score (nSPS) is 23.5. The van der Waals surface area contributed by atoms with E-state index < -0.39 is 84.1 Å². The van der Waals surface area contributed by atoms with Gasteiger partial charge in [-0.2, -0.15) is 0 Å². The third-order valence-electron chi connectivity index (χ3n) is 7.31. The number of esters is 1. The van der Waals surface area contributed by atoms with Gasteiger partial charge in [-0.1, -0.05) is 73.6 Å². The number of allylic oxidation sites excluding steroid dienone is 9. The lowest BCUT2D eigenvalue weighted by molar-refractivity contribution is -0.159. The van der Waals surface area contributed by atoms with Crippen LogP contribution >= 0.6 is 23.2 Å². The molecular weight excluding hydrogens is 657 g/mol. The highest BCUT2D eigenvalue weighted by atomic mass is 35.5. The Hall–Kier alpha value is -3.26. The van der Waals surface area contributed by atoms with Gasteiger partial charge < -0.3 is 40.7 Å². The molecule has 0 saturated heterocycles. The van der Waals surface area contributed by atoms with Crippen LogP contribution in [-0.4, -0.2) is 91.3 Å². The minimum Gasteiger partial charge on any atom is -0.481 e. The summed E-state index contributed by atoms with van der Waals surface area (Å²) in [6.07, 6.45) is 6.95. The van der Waals surface area contributed by atoms with Crippen molar-refractivity contribution in [3.8, 4) is 0 Å². The van der Waals surface area contributed by atoms with E-state index in [4.69, 9.17) is 43.5 Å². The summed E-state index contributed by atoms with van der Waals surface area (Å²) in [6.45, 7) is 5.12. The van der Waals surface area contributed by atoms with E-state index in [2.05, 4.69) is 0 Å². The number of halogens is 2. The first-order chi connectivity index (χ1) is 22.1. The van der Waals surface area contributed by atoms with Gasteiger partial charge in [0.05, 0.1) is 24.2 Å². The lowest BCUT2D eigenvalue weighted by Crippen LogP contribution is -2.43. The molecule has 12 nitrogen and oxygen atoms in total. The third kappa shape index (κ3) is 15.5. The molecule has 1 aliphatic rings. The fourth-order valence-corrected chi connectivity index (χ4v) is 4.88. The number of rotatable bonds is 18. The van der Waals surface area contributed by atoms with Crippen LogP contribution < -0.4 is 5.73 Å². The summed E-state index contributed by atoms with van der Waals surface area (Å²) in [5.74, 6) is -4.10. The van der Waals surface area contributed by atoms with Gasteiger partial charge in [0, 0.05) is 29.9 Å². The number of aliphatic hydroxyl groups excluding tert-OH is 4. The number of Topliss-reactive ketones (excluding diaryl/α,β-unsaturated/α-hetero) is 1. The van der Waals surface area contributed by atoms with Crippen molar-refractivity contribution in [2.24, 2.45) is 17.6 Å². The zero-order valence-electron chi connectivity index (χ0n) is 26.5. The van der Waals surface area contributed by atoms with Gasteiger partial charge in [0.15, 0.2) is 5.78 Å². The maximum Gasteiger partial charge on any atom is 0.405 e. The van der Waals surface area contributed by atoms with Crippen molar-refractivity contribution in [2.75, 3.05) is 0 Å². The van der Waals surface area contributed by atoms with E-state index in [0.717, 1.165) is 5.57 Å². The molecule has 0 spiro atoms. The van der Waals surface area contributed by atoms with Crippen LogP contribution in [0.5, 0.6) is 0 Å². The van der Waals surface area contributed by atoms with Crippen LogP contribution in [0, 0.1) is 11.8 Å². The molecule has 0 aromatic heterocycles. The van der Waals surface area contributed by atoms with Gasteiger partial charge in [0.25, 0.3) is 0 Å². The van der Waals surface area contributed by atoms with Crippen molar-refractivity contribution >= 4 is 47.0 Å². The molecule has 9 atom stereocenters. The number of ketones is 1. The van der Waals surface area contributed by atoms with Crippen LogP contribution in [0.2, 0.25) is 0 Å². The number of amides is 1. The SMILES string of the molecule is CC/C=C/[C@@H](OC(N)=O)[C@@H](Cl)[C@H](O)CC(=O)[C@@H](O)[C@H](O)[C@H](C)/C(Cl)=C/C=C/C=C(C)/C=C/C=C/C(=O)OC1CC(C(=O)O)CCC1O. The van der Waals surface area contributed by atoms with Gasteiger partial charge in [-0.25, -0.2) is 9.59 Å². The van der Waals surface area contributed by atoms with E-state index in [1.54, 1.807) is 43.4 Å². The fraction of sp³-hybridized carbons (Fsp3) is 0.515. The van der Waals surface area contributed by atoms with Crippen LogP contribution in [0.3, 0.4) is 0 Å². The quantitative estimate of drug-likeness (QED) is 0.0399. The van der Waals surface area contributed by atoms with Crippen LogP contribution in [-0.2, 0) is 23.9 Å². The smallest absolute Gasteiger partial charge is 0.405 e. The monoisotopic (exact) mass is 701 g/mol. The molecule has 0 aromatic carbocycles. The van der Waals surface area contributed by atoms with Gasteiger partial charge >= 0.3 is 18.0 Å². The minimum absolute atomic E-state index is 0.0584. The lowest BCUT2D eigenvalue weighted by Gasteiger charge is -2.30. The molecule has 1 rings (SSSR count). The van der Waals surface area contributed by atoms with Crippen molar-refractivity contribution < 1.29 is 54.2 Å². The van der Waals surface area contributed by atoms with Gasteiger partial charge in [0.2, 0.25) is 0 Å². The molecule has 0 heterocycles. The van der Waals surface area contributed by atoms with E-state index in [1.807, 2.05) is 6.92 Å². The highest BCUT2D eigenvalue weighted by Crippen LogP contribution is 2.27. The summed E-state index contributed by atoms with van der Waals surface area (Å²) in [6, 6.07) is 0. The Morgan fingerprint density at radius 3 is 2.28 bits per heavy atom. The maximum atomic E-state index is 12.6. The Morgan fingerprint density at radius 2 is 1.66 bits per heavy atom. The van der Waals surface area contributed by atoms with Gasteiger partial charge in [-0.05, 0) is 38.3 Å². The van der Waals surface area contributed by atoms with Crippen molar-refractivity contribution in [3.05, 3.63) is 71.4 Å². The molecule has 262 valence electrons. The molecule has 1 fully saturated rings. The molecule has 47 heavy (non-hydrogen) atoms. The van der Waals surface area contributed by atoms with Crippen LogP contribution in [0.4, 0.5) is 4.79 Å². The first kappa shape index (κ1) is 41.8. The number of nitrogens with two attached hydrogens (primary N) is 1. The Morgan fingerprint density at radius 1 is 1.02 bits per heavy atom. The number of carboxylic acids is 1. The van der Waals surface area contributed by atoms with Gasteiger partial charge in [0.1, 0.15) is 23.7 Å². The first-order valence-corrected chi connectivity index (χ1v) is 15.9. The highest BCUT2D eigenvalue weighted by Gasteiger charge is 2.36. The zero-order valence-corrected chi connectivity index (χ0v) is 28.0. The number of carbonyl (C=O) groups is 4. The molecule has 1 saturated carbocycles. The minimum atomic E-state index is -1.89. The lowest BCUT2D eigenvalue weighted by atomic mass is 9.85. The number of carboxylic acid groups (broad SMARTS) is 1. The summed E-state index contributed by atoms with van der Waals surface area (Å²) in [5, 5.41) is 49.4. The average molecular weight is 703 g/mol. The molecule has 1 amide bonds. The third-order valence-corrected chi connectivity index (χ3v) is 8.32. The predicted molar refractivity (Wildman–Crippen MR) is 176 cm³/mol. The number of hydrogen-bond donors (Lipinski definition) is 6. The fourth-order valence-electron chi connectivity index (χ4n) is 4.46. The molecule has 0 radical (unpaired) electrons. The summed E-state index contributed by atoms with van der Waals surface area (Å²) in [7, 11) is 0. The van der Waals surface area contributed by atoms with Crippen molar-refractivity contribution in [2.45, 2.75) is 94.9 Å². The number of hydrogen-bond acceptors (Lipinski definition) is 10. The second-order valence-electron chi connectivity index (χ2n) is 11.1. The summed E-state index contributed by atoms with van der Waals surface area (Å²) < 4.78 is 10.1. The molecule has 0 aromatic rings. The molecule has 14 heteroatoms. The molecule has 3 unspecified atom stereocenters. The number of primary amides is 1. The summed E-state index contributed by atoms with van der Waals surface area (Å²) in [4.78, 5) is 47.0. The molecular formula is C33H45Cl2NO11. The number of ether oxygens (including phenoxy) is 2. The number of alkyl halides is 1. The molecule has 0 bridgehead atoms. The largest absolute Gasteiger partial charge is 0.481 e. The average Bonchev–Trinajstić information content (AvgIpc) is 3.02.